The van der Waals surface area contributed by atoms with Crippen molar-refractivity contribution >= 4 is 22.5 Å². The van der Waals surface area contributed by atoms with Gasteiger partial charge in [-0.25, -0.2) is 4.39 Å². The Morgan fingerprint density at radius 3 is 2.62 bits per heavy atom. The van der Waals surface area contributed by atoms with Crippen LogP contribution >= 0.6 is 11.6 Å². The maximum atomic E-state index is 13.4. The summed E-state index contributed by atoms with van der Waals surface area (Å²) in [5.74, 6) is 0.334. The van der Waals surface area contributed by atoms with Crippen molar-refractivity contribution in [2.75, 3.05) is 12.5 Å². The summed E-state index contributed by atoms with van der Waals surface area (Å²) in [4.78, 5) is 15.2. The predicted octanol–water partition coefficient (Wildman–Crippen LogP) is 4.05. The minimum absolute atomic E-state index is 0.235. The normalized spacial score (nSPS) is 10.9. The largest absolute Gasteiger partial charge is 0.503 e. The standard InChI is InChI=1S/C18H15ClFNO3/c19-8-1-9-24-13-5-2-11(3-6-13)16-18(23)17(22)14-7-4-12(20)10-15(14)21-16/h2-7,10,23H,1,8-9H2,(H,21,22). The fraction of sp³-hybridized carbons (Fsp3) is 0.167. The summed E-state index contributed by atoms with van der Waals surface area (Å²) in [5, 5.41) is 10.4. The van der Waals surface area contributed by atoms with Gasteiger partial charge >= 0.3 is 0 Å². The van der Waals surface area contributed by atoms with E-state index in [0.717, 1.165) is 6.42 Å². The molecule has 6 heteroatoms. The number of hydrogen-bond donors (Lipinski definition) is 2. The van der Waals surface area contributed by atoms with Crippen LogP contribution in [0, 0.1) is 5.82 Å². The fourth-order valence-electron chi connectivity index (χ4n) is 2.42. The van der Waals surface area contributed by atoms with Crippen LogP contribution in [-0.4, -0.2) is 22.6 Å². The van der Waals surface area contributed by atoms with Gasteiger partial charge in [-0.15, -0.1) is 11.6 Å². The highest BCUT2D eigenvalue weighted by Gasteiger charge is 2.13. The third-order valence-electron chi connectivity index (χ3n) is 3.63. The van der Waals surface area contributed by atoms with Crippen molar-refractivity contribution in [3.63, 3.8) is 0 Å². The highest BCUT2D eigenvalue weighted by molar-refractivity contribution is 6.17. The molecule has 1 heterocycles. The first kappa shape index (κ1) is 16.3. The average molecular weight is 348 g/mol. The number of H-pyrrole nitrogens is 1. The summed E-state index contributed by atoms with van der Waals surface area (Å²) < 4.78 is 18.9. The van der Waals surface area contributed by atoms with Crippen LogP contribution in [0.15, 0.2) is 47.3 Å². The maximum absolute atomic E-state index is 13.4. The molecule has 3 aromatic rings. The number of halogens is 2. The van der Waals surface area contributed by atoms with Gasteiger partial charge in [-0.3, -0.25) is 4.79 Å². The van der Waals surface area contributed by atoms with E-state index in [1.807, 2.05) is 0 Å². The second-order valence-corrected chi connectivity index (χ2v) is 5.66. The molecule has 2 N–H and O–H groups in total. The summed E-state index contributed by atoms with van der Waals surface area (Å²) in [7, 11) is 0. The second-order valence-electron chi connectivity index (χ2n) is 5.28. The van der Waals surface area contributed by atoms with Crippen molar-refractivity contribution in [3.05, 3.63) is 58.5 Å². The third-order valence-corrected chi connectivity index (χ3v) is 3.89. The number of aromatic hydroxyl groups is 1. The number of aromatic amines is 1. The summed E-state index contributed by atoms with van der Waals surface area (Å²) in [6, 6.07) is 10.7. The number of alkyl halides is 1. The first-order valence-corrected chi connectivity index (χ1v) is 7.97. The lowest BCUT2D eigenvalue weighted by atomic mass is 10.1. The quantitative estimate of drug-likeness (QED) is 0.540. The van der Waals surface area contributed by atoms with Crippen LogP contribution in [0.1, 0.15) is 6.42 Å². The molecule has 0 saturated heterocycles. The highest BCUT2D eigenvalue weighted by Crippen LogP contribution is 2.28. The van der Waals surface area contributed by atoms with Crippen LogP contribution in [0.3, 0.4) is 0 Å². The zero-order valence-corrected chi connectivity index (χ0v) is 13.4. The summed E-state index contributed by atoms with van der Waals surface area (Å²) in [5.41, 5.74) is 0.627. The summed E-state index contributed by atoms with van der Waals surface area (Å²) in [6.07, 6.45) is 0.744. The van der Waals surface area contributed by atoms with E-state index < -0.39 is 17.0 Å². The van der Waals surface area contributed by atoms with E-state index in [1.54, 1.807) is 24.3 Å². The second kappa shape index (κ2) is 6.93. The van der Waals surface area contributed by atoms with Crippen molar-refractivity contribution < 1.29 is 14.2 Å². The topological polar surface area (TPSA) is 62.3 Å². The Hall–Kier alpha value is -2.53. The van der Waals surface area contributed by atoms with E-state index >= 15 is 0 Å². The zero-order valence-electron chi connectivity index (χ0n) is 12.7. The minimum Gasteiger partial charge on any atom is -0.503 e. The van der Waals surface area contributed by atoms with Crippen LogP contribution in [-0.2, 0) is 0 Å². The van der Waals surface area contributed by atoms with Gasteiger partial charge in [0.15, 0.2) is 5.75 Å². The Kier molecular flexibility index (Phi) is 4.71. The van der Waals surface area contributed by atoms with Gasteiger partial charge < -0.3 is 14.8 Å². The Balaban J connectivity index is 1.99. The molecule has 24 heavy (non-hydrogen) atoms. The minimum atomic E-state index is -0.541. The molecule has 0 bridgehead atoms. The van der Waals surface area contributed by atoms with Crippen LogP contribution in [0.4, 0.5) is 4.39 Å². The Morgan fingerprint density at radius 2 is 1.92 bits per heavy atom. The molecule has 0 atom stereocenters. The summed E-state index contributed by atoms with van der Waals surface area (Å²) in [6.45, 7) is 0.514. The first-order valence-electron chi connectivity index (χ1n) is 7.44. The van der Waals surface area contributed by atoms with Crippen molar-refractivity contribution in [1.29, 1.82) is 0 Å². The molecule has 0 radical (unpaired) electrons. The van der Waals surface area contributed by atoms with Gasteiger partial charge in [0.1, 0.15) is 11.6 Å². The average Bonchev–Trinajstić information content (AvgIpc) is 2.59. The molecular formula is C18H15ClFNO3. The van der Waals surface area contributed by atoms with Gasteiger partial charge in [0.25, 0.3) is 0 Å². The number of nitrogens with one attached hydrogen (secondary N) is 1. The number of hydrogen-bond acceptors (Lipinski definition) is 3. The van der Waals surface area contributed by atoms with Gasteiger partial charge in [-0.2, -0.15) is 0 Å². The number of aromatic nitrogens is 1. The molecule has 0 aliphatic carbocycles. The molecule has 0 aliphatic heterocycles. The predicted molar refractivity (Wildman–Crippen MR) is 92.5 cm³/mol. The monoisotopic (exact) mass is 347 g/mol. The molecule has 2 aromatic carbocycles. The molecule has 124 valence electrons. The van der Waals surface area contributed by atoms with E-state index in [-0.39, 0.29) is 11.1 Å². The first-order chi connectivity index (χ1) is 11.6. The Labute approximate surface area is 142 Å². The van der Waals surface area contributed by atoms with Crippen molar-refractivity contribution in [2.24, 2.45) is 0 Å². The molecule has 0 aliphatic rings. The van der Waals surface area contributed by atoms with E-state index in [9.17, 15) is 14.3 Å². The number of ether oxygens (including phenoxy) is 1. The van der Waals surface area contributed by atoms with E-state index in [0.29, 0.717) is 29.3 Å². The van der Waals surface area contributed by atoms with Crippen molar-refractivity contribution in [2.45, 2.75) is 6.42 Å². The van der Waals surface area contributed by atoms with E-state index in [2.05, 4.69) is 4.98 Å². The fourth-order valence-corrected chi connectivity index (χ4v) is 2.53. The van der Waals surface area contributed by atoms with Crippen molar-refractivity contribution in [1.82, 2.24) is 4.98 Å². The molecule has 0 amide bonds. The van der Waals surface area contributed by atoms with Crippen molar-refractivity contribution in [3.8, 4) is 22.8 Å². The third kappa shape index (κ3) is 3.21. The zero-order chi connectivity index (χ0) is 17.1. The smallest absolute Gasteiger partial charge is 0.231 e. The number of benzene rings is 2. The maximum Gasteiger partial charge on any atom is 0.231 e. The van der Waals surface area contributed by atoms with Gasteiger partial charge in [-0.05, 0) is 48.9 Å². The van der Waals surface area contributed by atoms with E-state index in [4.69, 9.17) is 16.3 Å². The van der Waals surface area contributed by atoms with Gasteiger partial charge in [0.2, 0.25) is 5.43 Å². The molecule has 0 spiro atoms. The summed E-state index contributed by atoms with van der Waals surface area (Å²) >= 11 is 5.60. The van der Waals surface area contributed by atoms with Gasteiger partial charge in [0, 0.05) is 16.8 Å². The molecular weight excluding hydrogens is 333 g/mol. The highest BCUT2D eigenvalue weighted by atomic mass is 35.5. The Morgan fingerprint density at radius 1 is 1.17 bits per heavy atom. The van der Waals surface area contributed by atoms with Gasteiger partial charge in [-0.1, -0.05) is 0 Å². The molecule has 1 aromatic heterocycles. The molecule has 0 fully saturated rings. The van der Waals surface area contributed by atoms with Crippen LogP contribution in [0.25, 0.3) is 22.2 Å². The van der Waals surface area contributed by atoms with Crippen LogP contribution in [0.2, 0.25) is 0 Å². The van der Waals surface area contributed by atoms with Gasteiger partial charge in [0.05, 0.1) is 17.8 Å². The Bertz CT molecular complexity index is 922. The lowest BCUT2D eigenvalue weighted by molar-refractivity contribution is 0.318. The lowest BCUT2D eigenvalue weighted by Gasteiger charge is -2.09. The molecule has 0 unspecified atom stereocenters. The molecule has 4 nitrogen and oxygen atoms in total. The van der Waals surface area contributed by atoms with E-state index in [1.165, 1.54) is 18.2 Å². The lowest BCUT2D eigenvalue weighted by Crippen LogP contribution is -2.05. The van der Waals surface area contributed by atoms with Crippen LogP contribution < -0.4 is 10.2 Å². The number of rotatable bonds is 5. The van der Waals surface area contributed by atoms with Crippen LogP contribution in [0.5, 0.6) is 11.5 Å². The molecule has 0 saturated carbocycles. The SMILES string of the molecule is O=c1c(O)c(-c2ccc(OCCCCl)cc2)[nH]c2cc(F)ccc12. The molecule has 3 rings (SSSR count). The number of fused-ring (bicyclic) bond motifs is 1. The number of pyridine rings is 1.